The zero-order chi connectivity index (χ0) is 23.3. The maximum absolute atomic E-state index is 12.3. The summed E-state index contributed by atoms with van der Waals surface area (Å²) in [5.74, 6) is -0.693. The Morgan fingerprint density at radius 2 is 1.56 bits per heavy atom. The second kappa shape index (κ2) is 10.1. The number of nitrogens with one attached hydrogen (secondary N) is 1. The maximum atomic E-state index is 12.3. The van der Waals surface area contributed by atoms with E-state index in [0.717, 1.165) is 13.1 Å². The van der Waals surface area contributed by atoms with Crippen LogP contribution in [0.15, 0.2) is 24.3 Å². The van der Waals surface area contributed by atoms with Gasteiger partial charge >= 0.3 is 6.09 Å². The smallest absolute Gasteiger partial charge is 0.410 e. The van der Waals surface area contributed by atoms with E-state index >= 15 is 0 Å². The van der Waals surface area contributed by atoms with Crippen LogP contribution < -0.4 is 5.32 Å². The molecule has 2 aliphatic heterocycles. The van der Waals surface area contributed by atoms with Gasteiger partial charge in [-0.15, -0.1) is 0 Å². The number of nitrogens with zero attached hydrogens (tertiary/aromatic N) is 3. The van der Waals surface area contributed by atoms with Gasteiger partial charge in [-0.2, -0.15) is 0 Å². The largest absolute Gasteiger partial charge is 0.444 e. The van der Waals surface area contributed by atoms with Gasteiger partial charge in [0.25, 0.3) is 11.8 Å². The van der Waals surface area contributed by atoms with Gasteiger partial charge in [0.05, 0.1) is 11.1 Å². The molecule has 0 unspecified atom stereocenters. The van der Waals surface area contributed by atoms with E-state index in [-0.39, 0.29) is 36.8 Å². The number of hydrogen-bond donors (Lipinski definition) is 1. The molecule has 1 saturated heterocycles. The number of fused-ring (bicyclic) bond motifs is 1. The fourth-order valence-corrected chi connectivity index (χ4v) is 3.76. The second-order valence-corrected chi connectivity index (χ2v) is 9.07. The molecule has 1 N–H and O–H groups in total. The lowest BCUT2D eigenvalue weighted by atomic mass is 10.1. The summed E-state index contributed by atoms with van der Waals surface area (Å²) < 4.78 is 5.40. The van der Waals surface area contributed by atoms with Crippen LogP contribution in [0.4, 0.5) is 4.79 Å². The number of rotatable bonds is 7. The molecular formula is C23H32N4O5. The van der Waals surface area contributed by atoms with E-state index in [1.54, 1.807) is 29.2 Å². The van der Waals surface area contributed by atoms with E-state index < -0.39 is 5.60 Å². The van der Waals surface area contributed by atoms with Gasteiger partial charge in [0.1, 0.15) is 5.60 Å². The Morgan fingerprint density at radius 3 is 2.12 bits per heavy atom. The van der Waals surface area contributed by atoms with Gasteiger partial charge in [-0.3, -0.25) is 24.2 Å². The molecule has 0 radical (unpaired) electrons. The van der Waals surface area contributed by atoms with Crippen molar-refractivity contribution in [3.8, 4) is 0 Å². The van der Waals surface area contributed by atoms with Crippen LogP contribution in [0.25, 0.3) is 0 Å². The zero-order valence-electron chi connectivity index (χ0n) is 19.1. The normalized spacial score (nSPS) is 16.8. The van der Waals surface area contributed by atoms with Crippen molar-refractivity contribution in [1.29, 1.82) is 0 Å². The number of hydrogen-bond acceptors (Lipinski definition) is 6. The Kier molecular flexibility index (Phi) is 7.50. The Labute approximate surface area is 188 Å². The minimum absolute atomic E-state index is 0.103. The molecule has 174 valence electrons. The number of carbonyl (C=O) groups excluding carboxylic acids is 4. The first-order valence-electron chi connectivity index (χ1n) is 11.1. The van der Waals surface area contributed by atoms with Crippen LogP contribution in [0.5, 0.6) is 0 Å². The van der Waals surface area contributed by atoms with Gasteiger partial charge in [-0.05, 0) is 39.3 Å². The molecule has 4 amide bonds. The summed E-state index contributed by atoms with van der Waals surface area (Å²) in [6.45, 7) is 9.66. The Balaban J connectivity index is 1.29. The third-order valence-electron chi connectivity index (χ3n) is 5.44. The van der Waals surface area contributed by atoms with Gasteiger partial charge < -0.3 is 15.0 Å². The van der Waals surface area contributed by atoms with Crippen LogP contribution in [0.1, 0.15) is 54.3 Å². The van der Waals surface area contributed by atoms with Crippen LogP contribution in [-0.4, -0.2) is 89.9 Å². The van der Waals surface area contributed by atoms with Crippen molar-refractivity contribution in [3.05, 3.63) is 35.4 Å². The molecule has 32 heavy (non-hydrogen) atoms. The van der Waals surface area contributed by atoms with Gasteiger partial charge in [0, 0.05) is 52.2 Å². The van der Waals surface area contributed by atoms with Crippen LogP contribution in [-0.2, 0) is 9.53 Å². The predicted molar refractivity (Wildman–Crippen MR) is 118 cm³/mol. The molecule has 2 heterocycles. The van der Waals surface area contributed by atoms with Crippen molar-refractivity contribution in [2.75, 3.05) is 45.8 Å². The molecule has 1 aromatic carbocycles. The summed E-state index contributed by atoms with van der Waals surface area (Å²) in [6, 6.07) is 6.77. The first kappa shape index (κ1) is 23.7. The zero-order valence-corrected chi connectivity index (χ0v) is 19.1. The molecule has 0 atom stereocenters. The van der Waals surface area contributed by atoms with Gasteiger partial charge in [-0.1, -0.05) is 12.1 Å². The van der Waals surface area contributed by atoms with E-state index in [0.29, 0.717) is 43.7 Å². The summed E-state index contributed by atoms with van der Waals surface area (Å²) in [5, 5.41) is 2.89. The minimum atomic E-state index is -0.502. The quantitative estimate of drug-likeness (QED) is 0.643. The molecular weight excluding hydrogens is 412 g/mol. The highest BCUT2D eigenvalue weighted by molar-refractivity contribution is 6.21. The SMILES string of the molecule is CC(C)(C)OC(=O)N1CCN(CCNC(=O)CCCN2C(=O)c3ccccc3C2=O)CC1. The number of carbonyl (C=O) groups is 4. The minimum Gasteiger partial charge on any atom is -0.444 e. The number of ether oxygens (including phenoxy) is 1. The lowest BCUT2D eigenvalue weighted by molar-refractivity contribution is -0.121. The van der Waals surface area contributed by atoms with E-state index in [1.807, 2.05) is 20.8 Å². The molecule has 0 saturated carbocycles. The molecule has 0 aliphatic carbocycles. The molecule has 0 aromatic heterocycles. The summed E-state index contributed by atoms with van der Waals surface area (Å²) >= 11 is 0. The third-order valence-corrected chi connectivity index (χ3v) is 5.44. The average Bonchev–Trinajstić information content (AvgIpc) is 2.98. The van der Waals surface area contributed by atoms with Crippen molar-refractivity contribution in [1.82, 2.24) is 20.0 Å². The van der Waals surface area contributed by atoms with Crippen LogP contribution in [0.3, 0.4) is 0 Å². The maximum Gasteiger partial charge on any atom is 0.410 e. The van der Waals surface area contributed by atoms with Gasteiger partial charge in [0.15, 0.2) is 0 Å². The first-order valence-corrected chi connectivity index (χ1v) is 11.1. The molecule has 1 aromatic rings. The monoisotopic (exact) mass is 444 g/mol. The van der Waals surface area contributed by atoms with Crippen LogP contribution in [0.2, 0.25) is 0 Å². The van der Waals surface area contributed by atoms with Crippen LogP contribution >= 0.6 is 0 Å². The highest BCUT2D eigenvalue weighted by atomic mass is 16.6. The van der Waals surface area contributed by atoms with Crippen molar-refractivity contribution in [2.24, 2.45) is 0 Å². The van der Waals surface area contributed by atoms with Crippen LogP contribution in [0, 0.1) is 0 Å². The molecule has 0 spiro atoms. The Hall–Kier alpha value is -2.94. The standard InChI is InChI=1S/C23H32N4O5/c1-23(2,3)32-22(31)26-15-13-25(14-16-26)12-10-24-19(28)9-6-11-27-20(29)17-7-4-5-8-18(17)21(27)30/h4-5,7-8H,6,9-16H2,1-3H3,(H,24,28). The van der Waals surface area contributed by atoms with Gasteiger partial charge in [0.2, 0.25) is 5.91 Å². The summed E-state index contributed by atoms with van der Waals surface area (Å²) in [5.41, 5.74) is 0.347. The Morgan fingerprint density at radius 1 is 0.969 bits per heavy atom. The highest BCUT2D eigenvalue weighted by Gasteiger charge is 2.34. The third kappa shape index (κ3) is 6.06. The molecule has 3 rings (SSSR count). The van der Waals surface area contributed by atoms with Gasteiger partial charge in [-0.25, -0.2) is 4.79 Å². The molecule has 9 heteroatoms. The fourth-order valence-electron chi connectivity index (χ4n) is 3.76. The predicted octanol–water partition coefficient (Wildman–Crippen LogP) is 1.73. The fraction of sp³-hybridized carbons (Fsp3) is 0.565. The highest BCUT2D eigenvalue weighted by Crippen LogP contribution is 2.22. The van der Waals surface area contributed by atoms with Crippen molar-refractivity contribution in [2.45, 2.75) is 39.2 Å². The Bertz CT molecular complexity index is 836. The number of imide groups is 1. The molecule has 1 fully saturated rings. The van der Waals surface area contributed by atoms with E-state index in [2.05, 4.69) is 10.2 Å². The topological polar surface area (TPSA) is 99.3 Å². The number of amides is 4. The first-order chi connectivity index (χ1) is 15.2. The van der Waals surface area contributed by atoms with E-state index in [1.165, 1.54) is 4.90 Å². The summed E-state index contributed by atoms with van der Waals surface area (Å²) in [7, 11) is 0. The van der Waals surface area contributed by atoms with Crippen molar-refractivity contribution >= 4 is 23.8 Å². The average molecular weight is 445 g/mol. The lowest BCUT2D eigenvalue weighted by Crippen LogP contribution is -2.51. The number of benzene rings is 1. The lowest BCUT2D eigenvalue weighted by Gasteiger charge is -2.35. The molecule has 0 bridgehead atoms. The summed E-state index contributed by atoms with van der Waals surface area (Å²) in [4.78, 5) is 54.0. The van der Waals surface area contributed by atoms with E-state index in [4.69, 9.17) is 4.74 Å². The number of piperazine rings is 1. The summed E-state index contributed by atoms with van der Waals surface area (Å²) in [6.07, 6.45) is 0.384. The second-order valence-electron chi connectivity index (χ2n) is 9.07. The molecule has 9 nitrogen and oxygen atoms in total. The van der Waals surface area contributed by atoms with Crippen molar-refractivity contribution in [3.63, 3.8) is 0 Å². The van der Waals surface area contributed by atoms with E-state index in [9.17, 15) is 19.2 Å². The molecule has 2 aliphatic rings. The van der Waals surface area contributed by atoms with Crippen molar-refractivity contribution < 1.29 is 23.9 Å².